The molecule has 1 aromatic heterocycles. The summed E-state index contributed by atoms with van der Waals surface area (Å²) in [4.78, 5) is 1.42. The number of hydrogen-bond acceptors (Lipinski definition) is 4. The molecule has 1 aliphatic carbocycles. The second-order valence-corrected chi connectivity index (χ2v) is 6.26. The molecule has 1 N–H and O–H groups in total. The molecule has 2 fully saturated rings. The van der Waals surface area contributed by atoms with Crippen LogP contribution in [0.3, 0.4) is 0 Å². The summed E-state index contributed by atoms with van der Waals surface area (Å²) in [5.41, 5.74) is 0. The van der Waals surface area contributed by atoms with Crippen molar-refractivity contribution in [2.24, 2.45) is 0 Å². The second-order valence-electron chi connectivity index (χ2n) is 5.29. The van der Waals surface area contributed by atoms with Gasteiger partial charge < -0.3 is 14.8 Å². The summed E-state index contributed by atoms with van der Waals surface area (Å²) in [5.74, 6) is -0.232. The molecule has 1 saturated carbocycles. The first-order valence-corrected chi connectivity index (χ1v) is 7.73. The Labute approximate surface area is 112 Å². The first-order valence-electron chi connectivity index (χ1n) is 6.85. The molecule has 0 unspecified atom stereocenters. The van der Waals surface area contributed by atoms with E-state index in [1.165, 1.54) is 4.88 Å². The van der Waals surface area contributed by atoms with Crippen LogP contribution in [-0.2, 0) is 9.47 Å². The van der Waals surface area contributed by atoms with Crippen LogP contribution in [0.1, 0.15) is 43.5 Å². The molecule has 1 aromatic rings. The Bertz CT molecular complexity index is 363. The summed E-state index contributed by atoms with van der Waals surface area (Å²) in [5, 5.41) is 5.87. The highest BCUT2D eigenvalue weighted by Gasteiger charge is 2.40. The van der Waals surface area contributed by atoms with Gasteiger partial charge in [0, 0.05) is 29.8 Å². The van der Waals surface area contributed by atoms with Crippen molar-refractivity contribution in [3.8, 4) is 0 Å². The van der Waals surface area contributed by atoms with Crippen molar-refractivity contribution < 1.29 is 9.47 Å². The van der Waals surface area contributed by atoms with Crippen LogP contribution in [-0.4, -0.2) is 25.0 Å². The predicted molar refractivity (Wildman–Crippen MR) is 72.8 cm³/mol. The average Bonchev–Trinajstić information content (AvgIpc) is 3.04. The van der Waals surface area contributed by atoms with Crippen molar-refractivity contribution in [3.63, 3.8) is 0 Å². The van der Waals surface area contributed by atoms with Crippen molar-refractivity contribution in [1.82, 2.24) is 5.32 Å². The highest BCUT2D eigenvalue weighted by molar-refractivity contribution is 7.10. The van der Waals surface area contributed by atoms with Crippen LogP contribution in [0.25, 0.3) is 0 Å². The van der Waals surface area contributed by atoms with E-state index in [0.717, 1.165) is 38.9 Å². The molecule has 3 nitrogen and oxygen atoms in total. The summed E-state index contributed by atoms with van der Waals surface area (Å²) in [7, 11) is 0. The van der Waals surface area contributed by atoms with Crippen molar-refractivity contribution in [1.29, 1.82) is 0 Å². The summed E-state index contributed by atoms with van der Waals surface area (Å²) in [6, 6.07) is 5.37. The van der Waals surface area contributed by atoms with E-state index in [4.69, 9.17) is 9.47 Å². The van der Waals surface area contributed by atoms with Crippen LogP contribution in [0.2, 0.25) is 0 Å². The van der Waals surface area contributed by atoms with Crippen molar-refractivity contribution in [2.75, 3.05) is 13.2 Å². The minimum atomic E-state index is -0.232. The first kappa shape index (κ1) is 12.6. The minimum absolute atomic E-state index is 0.232. The number of nitrogens with one attached hydrogen (secondary N) is 1. The maximum Gasteiger partial charge on any atom is 0.168 e. The molecule has 100 valence electrons. The van der Waals surface area contributed by atoms with Crippen LogP contribution in [0.15, 0.2) is 17.5 Å². The Balaban J connectivity index is 1.51. The molecule has 2 heterocycles. The minimum Gasteiger partial charge on any atom is -0.348 e. The molecular weight excluding hydrogens is 246 g/mol. The van der Waals surface area contributed by atoms with Gasteiger partial charge in [-0.1, -0.05) is 6.07 Å². The molecule has 3 rings (SSSR count). The Morgan fingerprint density at radius 2 is 2.06 bits per heavy atom. The Morgan fingerprint density at radius 3 is 2.67 bits per heavy atom. The normalized spacial score (nSPS) is 25.6. The lowest BCUT2D eigenvalue weighted by molar-refractivity contribution is -0.179. The topological polar surface area (TPSA) is 30.5 Å². The lowest BCUT2D eigenvalue weighted by atomic mass is 9.89. The van der Waals surface area contributed by atoms with Gasteiger partial charge in [-0.3, -0.25) is 0 Å². The van der Waals surface area contributed by atoms with E-state index in [-0.39, 0.29) is 5.79 Å². The Hall–Kier alpha value is -0.420. The summed E-state index contributed by atoms with van der Waals surface area (Å²) in [6.07, 6.45) is 4.36. The highest BCUT2D eigenvalue weighted by atomic mass is 32.1. The van der Waals surface area contributed by atoms with E-state index in [9.17, 15) is 0 Å². The van der Waals surface area contributed by atoms with Gasteiger partial charge in [-0.05, 0) is 31.2 Å². The van der Waals surface area contributed by atoms with Gasteiger partial charge in [0.25, 0.3) is 0 Å². The van der Waals surface area contributed by atoms with Crippen molar-refractivity contribution >= 4 is 11.3 Å². The second kappa shape index (κ2) is 5.29. The van der Waals surface area contributed by atoms with E-state index in [1.807, 2.05) is 11.3 Å². The predicted octanol–water partition coefficient (Wildman–Crippen LogP) is 3.08. The lowest BCUT2D eigenvalue weighted by Crippen LogP contribution is -2.42. The molecule has 0 amide bonds. The van der Waals surface area contributed by atoms with Gasteiger partial charge in [0.1, 0.15) is 0 Å². The van der Waals surface area contributed by atoms with Crippen molar-refractivity contribution in [2.45, 2.75) is 50.5 Å². The molecule has 1 aliphatic heterocycles. The van der Waals surface area contributed by atoms with Gasteiger partial charge in [0.15, 0.2) is 5.79 Å². The number of ether oxygens (including phenoxy) is 2. The fourth-order valence-electron chi connectivity index (χ4n) is 2.98. The third kappa shape index (κ3) is 2.62. The molecule has 1 spiro atoms. The molecule has 1 atom stereocenters. The first-order chi connectivity index (χ1) is 8.77. The molecule has 2 aliphatic rings. The largest absolute Gasteiger partial charge is 0.348 e. The zero-order chi connectivity index (χ0) is 12.4. The highest BCUT2D eigenvalue weighted by Crippen LogP contribution is 2.36. The molecule has 0 radical (unpaired) electrons. The fraction of sp³-hybridized carbons (Fsp3) is 0.714. The zero-order valence-corrected chi connectivity index (χ0v) is 11.7. The molecule has 1 saturated heterocycles. The molecule has 0 bridgehead atoms. The molecule has 18 heavy (non-hydrogen) atoms. The molecule has 4 heteroatoms. The van der Waals surface area contributed by atoms with Gasteiger partial charge in [-0.25, -0.2) is 0 Å². The van der Waals surface area contributed by atoms with Gasteiger partial charge in [0.05, 0.1) is 13.2 Å². The number of rotatable bonds is 3. The third-order valence-electron chi connectivity index (χ3n) is 4.02. The average molecular weight is 267 g/mol. The van der Waals surface area contributed by atoms with Crippen LogP contribution < -0.4 is 5.32 Å². The summed E-state index contributed by atoms with van der Waals surface area (Å²) in [6.45, 7) is 3.78. The van der Waals surface area contributed by atoms with Gasteiger partial charge in [-0.15, -0.1) is 11.3 Å². The Kier molecular flexibility index (Phi) is 3.71. The number of hydrogen-bond donors (Lipinski definition) is 1. The fourth-order valence-corrected chi connectivity index (χ4v) is 3.73. The van der Waals surface area contributed by atoms with Crippen LogP contribution >= 0.6 is 11.3 Å². The third-order valence-corrected chi connectivity index (χ3v) is 5.07. The zero-order valence-electron chi connectivity index (χ0n) is 10.9. The van der Waals surface area contributed by atoms with Gasteiger partial charge in [-0.2, -0.15) is 0 Å². The quantitative estimate of drug-likeness (QED) is 0.913. The van der Waals surface area contributed by atoms with Crippen LogP contribution in [0.4, 0.5) is 0 Å². The molecule has 0 aromatic carbocycles. The maximum absolute atomic E-state index is 5.76. The van der Waals surface area contributed by atoms with Gasteiger partial charge >= 0.3 is 0 Å². The van der Waals surface area contributed by atoms with Gasteiger partial charge in [0.2, 0.25) is 0 Å². The maximum atomic E-state index is 5.76. The Morgan fingerprint density at radius 1 is 1.33 bits per heavy atom. The van der Waals surface area contributed by atoms with Crippen molar-refractivity contribution in [3.05, 3.63) is 22.4 Å². The summed E-state index contributed by atoms with van der Waals surface area (Å²) < 4.78 is 11.5. The van der Waals surface area contributed by atoms with E-state index < -0.39 is 0 Å². The van der Waals surface area contributed by atoms with E-state index >= 15 is 0 Å². The number of thiophene rings is 1. The standard InChI is InChI=1S/C14H21NO2S/c1-11(13-3-2-10-18-13)15-12-4-6-14(7-5-12)16-8-9-17-14/h2-3,10-12,15H,4-9H2,1H3/t11-/m0/s1. The smallest absolute Gasteiger partial charge is 0.168 e. The van der Waals surface area contributed by atoms with Crippen LogP contribution in [0, 0.1) is 0 Å². The van der Waals surface area contributed by atoms with Crippen LogP contribution in [0.5, 0.6) is 0 Å². The van der Waals surface area contributed by atoms with E-state index in [0.29, 0.717) is 12.1 Å². The lowest BCUT2D eigenvalue weighted by Gasteiger charge is -2.36. The van der Waals surface area contributed by atoms with E-state index in [1.54, 1.807) is 0 Å². The molecular formula is C14H21NO2S. The monoisotopic (exact) mass is 267 g/mol. The van der Waals surface area contributed by atoms with E-state index in [2.05, 4.69) is 29.8 Å². The SMILES string of the molecule is C[C@H](NC1CCC2(CC1)OCCO2)c1cccs1. The summed E-state index contributed by atoms with van der Waals surface area (Å²) >= 11 is 1.83.